The summed E-state index contributed by atoms with van der Waals surface area (Å²) >= 11 is 5.33. The van der Waals surface area contributed by atoms with E-state index in [1.807, 2.05) is 0 Å². The van der Waals surface area contributed by atoms with Gasteiger partial charge in [0, 0.05) is 11.8 Å². The number of hydrogen-bond acceptors (Lipinski definition) is 1. The molecule has 0 spiro atoms. The highest BCUT2D eigenvalue weighted by molar-refractivity contribution is 6.17. The van der Waals surface area contributed by atoms with E-state index in [4.69, 9.17) is 17.3 Å². The third-order valence-electron chi connectivity index (χ3n) is 1.03. The van der Waals surface area contributed by atoms with Crippen molar-refractivity contribution >= 4 is 17.5 Å². The zero-order valence-electron chi connectivity index (χ0n) is 4.86. The minimum absolute atomic E-state index is 0.0764. The Balaban J connectivity index is 3.32. The Bertz CT molecular complexity index is 84.5. The first-order valence-corrected chi connectivity index (χ1v) is 3.07. The van der Waals surface area contributed by atoms with Crippen molar-refractivity contribution in [1.29, 1.82) is 0 Å². The molecule has 0 heterocycles. The zero-order chi connectivity index (χ0) is 6.57. The van der Waals surface area contributed by atoms with Crippen LogP contribution in [0.25, 0.3) is 0 Å². The minimum atomic E-state index is -0.273. The topological polar surface area (TPSA) is 43.1 Å². The van der Waals surface area contributed by atoms with E-state index in [0.29, 0.717) is 12.3 Å². The van der Waals surface area contributed by atoms with Gasteiger partial charge in [-0.2, -0.15) is 0 Å². The van der Waals surface area contributed by atoms with Crippen molar-refractivity contribution in [3.63, 3.8) is 0 Å². The summed E-state index contributed by atoms with van der Waals surface area (Å²) in [5, 5.41) is 0. The normalized spacial score (nSPS) is 13.2. The molecule has 0 aromatic rings. The van der Waals surface area contributed by atoms with E-state index < -0.39 is 0 Å². The summed E-state index contributed by atoms with van der Waals surface area (Å²) in [6, 6.07) is 0. The minimum Gasteiger partial charge on any atom is -0.369 e. The Morgan fingerprint density at radius 1 is 1.88 bits per heavy atom. The first kappa shape index (κ1) is 7.76. The van der Waals surface area contributed by atoms with Gasteiger partial charge in [0.2, 0.25) is 5.91 Å². The Kier molecular flexibility index (Phi) is 3.61. The third kappa shape index (κ3) is 2.86. The molecule has 1 amide bonds. The van der Waals surface area contributed by atoms with Gasteiger partial charge in [0.25, 0.3) is 0 Å². The number of primary amides is 1. The molecular formula is C5H10ClNO. The molecule has 8 heavy (non-hydrogen) atoms. The fourth-order valence-corrected chi connectivity index (χ4v) is 0.633. The number of nitrogens with two attached hydrogens (primary N) is 1. The lowest BCUT2D eigenvalue weighted by molar-refractivity contribution is -0.121. The Morgan fingerprint density at radius 2 is 2.38 bits per heavy atom. The summed E-state index contributed by atoms with van der Waals surface area (Å²) < 4.78 is 0. The summed E-state index contributed by atoms with van der Waals surface area (Å²) in [4.78, 5) is 10.3. The highest BCUT2D eigenvalue weighted by Crippen LogP contribution is 2.00. The third-order valence-corrected chi connectivity index (χ3v) is 1.25. The van der Waals surface area contributed by atoms with E-state index in [9.17, 15) is 4.79 Å². The van der Waals surface area contributed by atoms with Gasteiger partial charge in [-0.3, -0.25) is 4.79 Å². The van der Waals surface area contributed by atoms with E-state index in [1.54, 1.807) is 6.92 Å². The van der Waals surface area contributed by atoms with Crippen LogP contribution in [0, 0.1) is 5.92 Å². The van der Waals surface area contributed by atoms with Crippen molar-refractivity contribution in [2.45, 2.75) is 13.3 Å². The van der Waals surface area contributed by atoms with Crippen LogP contribution in [0.3, 0.4) is 0 Å². The average Bonchev–Trinajstić information content (AvgIpc) is 1.67. The van der Waals surface area contributed by atoms with Crippen molar-refractivity contribution in [3.8, 4) is 0 Å². The van der Waals surface area contributed by atoms with Gasteiger partial charge < -0.3 is 5.73 Å². The second-order valence-corrected chi connectivity index (χ2v) is 2.16. The zero-order valence-corrected chi connectivity index (χ0v) is 5.61. The van der Waals surface area contributed by atoms with Crippen molar-refractivity contribution in [1.82, 2.24) is 0 Å². The summed E-state index contributed by atoms with van der Waals surface area (Å²) in [6.07, 6.45) is 0.677. The number of amides is 1. The Labute approximate surface area is 54.0 Å². The molecule has 3 heteroatoms. The fourth-order valence-electron chi connectivity index (χ4n) is 0.306. The Hall–Kier alpha value is -0.240. The average molecular weight is 136 g/mol. The lowest BCUT2D eigenvalue weighted by Crippen LogP contribution is -2.20. The van der Waals surface area contributed by atoms with Crippen LogP contribution in [0.5, 0.6) is 0 Å². The van der Waals surface area contributed by atoms with Gasteiger partial charge in [0.15, 0.2) is 0 Å². The maximum atomic E-state index is 10.3. The second kappa shape index (κ2) is 3.72. The van der Waals surface area contributed by atoms with Crippen molar-refractivity contribution in [2.24, 2.45) is 11.7 Å². The van der Waals surface area contributed by atoms with Gasteiger partial charge in [-0.15, -0.1) is 11.6 Å². The molecule has 0 bridgehead atoms. The molecule has 2 nitrogen and oxygen atoms in total. The van der Waals surface area contributed by atoms with E-state index >= 15 is 0 Å². The highest BCUT2D eigenvalue weighted by atomic mass is 35.5. The van der Waals surface area contributed by atoms with E-state index in [1.165, 1.54) is 0 Å². The SMILES string of the molecule is CC(CCCl)C(N)=O. The van der Waals surface area contributed by atoms with Gasteiger partial charge in [-0.05, 0) is 6.42 Å². The lowest BCUT2D eigenvalue weighted by Gasteiger charge is -2.00. The molecule has 48 valence electrons. The van der Waals surface area contributed by atoms with Gasteiger partial charge in [-0.25, -0.2) is 0 Å². The van der Waals surface area contributed by atoms with Crippen LogP contribution in [0.15, 0.2) is 0 Å². The molecule has 1 atom stereocenters. The first-order chi connectivity index (χ1) is 3.68. The molecule has 0 rings (SSSR count). The van der Waals surface area contributed by atoms with E-state index in [-0.39, 0.29) is 11.8 Å². The van der Waals surface area contributed by atoms with E-state index in [0.717, 1.165) is 0 Å². The smallest absolute Gasteiger partial charge is 0.220 e. The van der Waals surface area contributed by atoms with E-state index in [2.05, 4.69) is 0 Å². The molecule has 0 aliphatic carbocycles. The van der Waals surface area contributed by atoms with Crippen LogP contribution in [-0.2, 0) is 4.79 Å². The molecule has 0 fully saturated rings. The molecule has 0 aromatic carbocycles. The van der Waals surface area contributed by atoms with Crippen molar-refractivity contribution in [2.75, 3.05) is 5.88 Å². The number of hydrogen-bond donors (Lipinski definition) is 1. The van der Waals surface area contributed by atoms with Crippen LogP contribution >= 0.6 is 11.6 Å². The number of alkyl halides is 1. The molecule has 0 aromatic heterocycles. The monoisotopic (exact) mass is 135 g/mol. The van der Waals surface area contributed by atoms with Crippen LogP contribution < -0.4 is 5.73 Å². The van der Waals surface area contributed by atoms with Crippen molar-refractivity contribution in [3.05, 3.63) is 0 Å². The largest absolute Gasteiger partial charge is 0.369 e. The predicted octanol–water partition coefficient (Wildman–Crippen LogP) is 0.737. The van der Waals surface area contributed by atoms with Crippen molar-refractivity contribution < 1.29 is 4.79 Å². The molecule has 0 aliphatic heterocycles. The number of halogens is 1. The first-order valence-electron chi connectivity index (χ1n) is 2.53. The summed E-state index contributed by atoms with van der Waals surface area (Å²) in [5.41, 5.74) is 4.92. The molecule has 0 aliphatic rings. The van der Waals surface area contributed by atoms with Gasteiger partial charge >= 0.3 is 0 Å². The van der Waals surface area contributed by atoms with Gasteiger partial charge in [0.05, 0.1) is 0 Å². The maximum absolute atomic E-state index is 10.3. The summed E-state index contributed by atoms with van der Waals surface area (Å²) in [6.45, 7) is 1.77. The summed E-state index contributed by atoms with van der Waals surface area (Å²) in [5.74, 6) is 0.155. The number of carbonyl (C=O) groups is 1. The standard InChI is InChI=1S/C5H10ClNO/c1-4(2-3-6)5(7)8/h4H,2-3H2,1H3,(H2,7,8). The summed E-state index contributed by atoms with van der Waals surface area (Å²) in [7, 11) is 0. The lowest BCUT2D eigenvalue weighted by atomic mass is 10.1. The van der Waals surface area contributed by atoms with Crippen LogP contribution in [0.2, 0.25) is 0 Å². The molecule has 1 unspecified atom stereocenters. The maximum Gasteiger partial charge on any atom is 0.220 e. The van der Waals surface area contributed by atoms with Crippen LogP contribution in [0.4, 0.5) is 0 Å². The second-order valence-electron chi connectivity index (χ2n) is 1.78. The van der Waals surface area contributed by atoms with Crippen LogP contribution in [-0.4, -0.2) is 11.8 Å². The molecular weight excluding hydrogens is 126 g/mol. The molecule has 0 saturated heterocycles. The number of rotatable bonds is 3. The van der Waals surface area contributed by atoms with Crippen LogP contribution in [0.1, 0.15) is 13.3 Å². The Morgan fingerprint density at radius 3 is 2.50 bits per heavy atom. The molecule has 0 saturated carbocycles. The fraction of sp³-hybridized carbons (Fsp3) is 0.800. The molecule has 2 N–H and O–H groups in total. The van der Waals surface area contributed by atoms with Gasteiger partial charge in [0.1, 0.15) is 0 Å². The highest BCUT2D eigenvalue weighted by Gasteiger charge is 2.05. The molecule has 0 radical (unpaired) electrons. The number of carbonyl (C=O) groups excluding carboxylic acids is 1. The quantitative estimate of drug-likeness (QED) is 0.570. The van der Waals surface area contributed by atoms with Gasteiger partial charge in [-0.1, -0.05) is 6.92 Å². The predicted molar refractivity (Wildman–Crippen MR) is 33.7 cm³/mol.